The van der Waals surface area contributed by atoms with Crippen LogP contribution in [0.25, 0.3) is 0 Å². The van der Waals surface area contributed by atoms with E-state index in [0.717, 1.165) is 24.0 Å². The highest BCUT2D eigenvalue weighted by atomic mass is 32.2. The van der Waals surface area contributed by atoms with Crippen molar-refractivity contribution in [3.8, 4) is 0 Å². The highest BCUT2D eigenvalue weighted by Gasteiger charge is 2.06. The van der Waals surface area contributed by atoms with Crippen LogP contribution in [0.4, 0.5) is 0 Å². The Labute approximate surface area is 119 Å². The summed E-state index contributed by atoms with van der Waals surface area (Å²) < 4.78 is 0.255. The van der Waals surface area contributed by atoms with Gasteiger partial charge in [0.15, 0.2) is 0 Å². The molecule has 0 aromatic heterocycles. The van der Waals surface area contributed by atoms with Crippen LogP contribution in [-0.2, 0) is 0 Å². The van der Waals surface area contributed by atoms with Crippen molar-refractivity contribution in [3.05, 3.63) is 0 Å². The monoisotopic (exact) mass is 280 g/mol. The summed E-state index contributed by atoms with van der Waals surface area (Å²) in [5.41, 5.74) is 0. The van der Waals surface area contributed by atoms with Gasteiger partial charge in [0, 0.05) is 4.58 Å². The first kappa shape index (κ1) is 17.1. The number of thiol groups is 3. The van der Waals surface area contributed by atoms with E-state index in [2.05, 4.69) is 51.7 Å². The molecule has 0 aromatic rings. The zero-order valence-electron chi connectivity index (χ0n) is 10.7. The fourth-order valence-electron chi connectivity index (χ4n) is 2.00. The molecule has 2 atom stereocenters. The first-order chi connectivity index (χ1) is 7.56. The molecule has 0 bridgehead atoms. The van der Waals surface area contributed by atoms with E-state index in [0.29, 0.717) is 0 Å². The lowest BCUT2D eigenvalue weighted by Crippen LogP contribution is -2.01. The van der Waals surface area contributed by atoms with E-state index in [1.165, 1.54) is 38.5 Å². The van der Waals surface area contributed by atoms with Gasteiger partial charge >= 0.3 is 0 Å². The topological polar surface area (TPSA) is 0 Å². The van der Waals surface area contributed by atoms with Gasteiger partial charge in [-0.2, -0.15) is 37.9 Å². The minimum absolute atomic E-state index is 0.255. The summed E-state index contributed by atoms with van der Waals surface area (Å²) in [6.45, 7) is 4.65. The smallest absolute Gasteiger partial charge is 0.0444 e. The normalized spacial score (nSPS) is 15.4. The average molecular weight is 281 g/mol. The van der Waals surface area contributed by atoms with Gasteiger partial charge in [0.1, 0.15) is 0 Å². The molecule has 0 fully saturated rings. The van der Waals surface area contributed by atoms with Crippen LogP contribution in [0.1, 0.15) is 58.8 Å². The second kappa shape index (κ2) is 11.2. The molecule has 0 amide bonds. The van der Waals surface area contributed by atoms with Gasteiger partial charge in [0.2, 0.25) is 0 Å². The largest absolute Gasteiger partial charge is 0.179 e. The van der Waals surface area contributed by atoms with E-state index in [1.807, 2.05) is 0 Å². The maximum absolute atomic E-state index is 4.31. The van der Waals surface area contributed by atoms with E-state index >= 15 is 0 Å². The van der Waals surface area contributed by atoms with Gasteiger partial charge in [-0.1, -0.05) is 46.0 Å². The Hall–Kier alpha value is 1.05. The standard InChI is InChI=1S/C13H28S3/c1-11(8-9-14)6-4-3-5-7-12(2)10-13(15)16/h11-16H,3-10H2,1-2H3. The molecule has 0 aromatic carbocycles. The predicted molar refractivity (Wildman–Crippen MR) is 86.3 cm³/mol. The lowest BCUT2D eigenvalue weighted by molar-refractivity contribution is 0.443. The van der Waals surface area contributed by atoms with Crippen LogP contribution in [0.2, 0.25) is 0 Å². The molecule has 2 unspecified atom stereocenters. The van der Waals surface area contributed by atoms with E-state index < -0.39 is 0 Å². The van der Waals surface area contributed by atoms with Crippen molar-refractivity contribution in [1.82, 2.24) is 0 Å². The zero-order valence-corrected chi connectivity index (χ0v) is 13.4. The van der Waals surface area contributed by atoms with E-state index in [1.54, 1.807) is 0 Å². The molecule has 0 nitrogen and oxygen atoms in total. The van der Waals surface area contributed by atoms with Gasteiger partial charge in [0.05, 0.1) is 0 Å². The van der Waals surface area contributed by atoms with Crippen molar-refractivity contribution in [3.63, 3.8) is 0 Å². The van der Waals surface area contributed by atoms with Gasteiger partial charge in [0.25, 0.3) is 0 Å². The van der Waals surface area contributed by atoms with Crippen LogP contribution in [0.3, 0.4) is 0 Å². The molecule has 0 spiro atoms. The lowest BCUT2D eigenvalue weighted by Gasteiger charge is -2.13. The minimum Gasteiger partial charge on any atom is -0.179 e. The first-order valence-corrected chi connectivity index (χ1v) is 8.19. The van der Waals surface area contributed by atoms with Crippen molar-refractivity contribution in [2.75, 3.05) is 5.75 Å². The van der Waals surface area contributed by atoms with Gasteiger partial charge in [-0.3, -0.25) is 0 Å². The molecule has 16 heavy (non-hydrogen) atoms. The summed E-state index contributed by atoms with van der Waals surface area (Å²) in [6.07, 6.45) is 9.22. The van der Waals surface area contributed by atoms with Crippen molar-refractivity contribution >= 4 is 37.9 Å². The molecule has 3 heteroatoms. The third kappa shape index (κ3) is 11.5. The molecule has 0 saturated carbocycles. The third-order valence-corrected chi connectivity index (χ3v) is 3.81. The van der Waals surface area contributed by atoms with Crippen LogP contribution in [0.15, 0.2) is 0 Å². The molecule has 0 aliphatic rings. The van der Waals surface area contributed by atoms with Crippen LogP contribution in [-0.4, -0.2) is 10.3 Å². The lowest BCUT2D eigenvalue weighted by atomic mass is 9.97. The number of hydrogen-bond acceptors (Lipinski definition) is 3. The van der Waals surface area contributed by atoms with Crippen LogP contribution in [0, 0.1) is 11.8 Å². The molecule has 0 heterocycles. The maximum Gasteiger partial charge on any atom is 0.0444 e. The summed E-state index contributed by atoms with van der Waals surface area (Å²) in [5, 5.41) is 0. The SMILES string of the molecule is CC(CCS)CCCCCC(C)CC(S)S. The summed E-state index contributed by atoms with van der Waals surface area (Å²) >= 11 is 12.9. The van der Waals surface area contributed by atoms with Crippen molar-refractivity contribution < 1.29 is 0 Å². The minimum atomic E-state index is 0.255. The van der Waals surface area contributed by atoms with E-state index in [9.17, 15) is 0 Å². The molecule has 0 rings (SSSR count). The molecule has 0 radical (unpaired) electrons. The number of unbranched alkanes of at least 4 members (excludes halogenated alkanes) is 2. The predicted octanol–water partition coefficient (Wildman–Crippen LogP) is 5.10. The summed E-state index contributed by atoms with van der Waals surface area (Å²) in [7, 11) is 0. The molecular formula is C13H28S3. The van der Waals surface area contributed by atoms with Crippen LogP contribution >= 0.6 is 37.9 Å². The second-order valence-electron chi connectivity index (χ2n) is 5.08. The first-order valence-electron chi connectivity index (χ1n) is 6.53. The Morgan fingerprint density at radius 1 is 0.812 bits per heavy atom. The second-order valence-corrected chi connectivity index (χ2v) is 7.18. The van der Waals surface area contributed by atoms with Gasteiger partial charge in [-0.15, -0.1) is 0 Å². The maximum atomic E-state index is 4.31. The zero-order chi connectivity index (χ0) is 12.4. The molecule has 0 aliphatic heterocycles. The summed E-state index contributed by atoms with van der Waals surface area (Å²) in [4.78, 5) is 0. The van der Waals surface area contributed by atoms with Crippen molar-refractivity contribution in [2.45, 2.75) is 63.4 Å². The average Bonchev–Trinajstić information content (AvgIpc) is 2.16. The van der Waals surface area contributed by atoms with Gasteiger partial charge in [-0.25, -0.2) is 0 Å². The Morgan fingerprint density at radius 2 is 1.38 bits per heavy atom. The molecule has 0 aliphatic carbocycles. The molecular weight excluding hydrogens is 252 g/mol. The van der Waals surface area contributed by atoms with Crippen molar-refractivity contribution in [2.24, 2.45) is 11.8 Å². The van der Waals surface area contributed by atoms with Gasteiger partial charge in [-0.05, 0) is 30.4 Å². The van der Waals surface area contributed by atoms with Crippen LogP contribution < -0.4 is 0 Å². The van der Waals surface area contributed by atoms with Crippen molar-refractivity contribution in [1.29, 1.82) is 0 Å². The molecule has 0 saturated heterocycles. The highest BCUT2D eigenvalue weighted by Crippen LogP contribution is 2.20. The van der Waals surface area contributed by atoms with E-state index in [4.69, 9.17) is 0 Å². The highest BCUT2D eigenvalue weighted by molar-refractivity contribution is 7.99. The Balaban J connectivity index is 3.26. The number of hydrogen-bond donors (Lipinski definition) is 3. The van der Waals surface area contributed by atoms with Crippen LogP contribution in [0.5, 0.6) is 0 Å². The Kier molecular flexibility index (Phi) is 11.9. The fraction of sp³-hybridized carbons (Fsp3) is 1.00. The molecule has 98 valence electrons. The summed E-state index contributed by atoms with van der Waals surface area (Å²) in [5.74, 6) is 2.66. The quantitative estimate of drug-likeness (QED) is 0.277. The fourth-order valence-corrected chi connectivity index (χ4v) is 3.17. The Morgan fingerprint density at radius 3 is 1.88 bits per heavy atom. The van der Waals surface area contributed by atoms with E-state index in [-0.39, 0.29) is 4.58 Å². The molecule has 0 N–H and O–H groups in total. The third-order valence-electron chi connectivity index (χ3n) is 3.13. The number of rotatable bonds is 10. The Bertz CT molecular complexity index is 148. The summed E-state index contributed by atoms with van der Waals surface area (Å²) in [6, 6.07) is 0. The van der Waals surface area contributed by atoms with Gasteiger partial charge < -0.3 is 0 Å².